The van der Waals surface area contributed by atoms with Gasteiger partial charge in [0.1, 0.15) is 5.75 Å². The largest absolute Gasteiger partial charge is 0.484 e. The lowest BCUT2D eigenvalue weighted by Gasteiger charge is -2.11. The minimum atomic E-state index is -0.493. The molecule has 0 atom stereocenters. The topological polar surface area (TPSA) is 88.7 Å². The van der Waals surface area contributed by atoms with E-state index in [0.29, 0.717) is 12.3 Å². The van der Waals surface area contributed by atoms with Gasteiger partial charge in [-0.3, -0.25) is 4.79 Å². The number of hydrogen-bond donors (Lipinski definition) is 3. The summed E-state index contributed by atoms with van der Waals surface area (Å²) in [4.78, 5) is 15.4. The highest BCUT2D eigenvalue weighted by Gasteiger charge is 2.01. The van der Waals surface area contributed by atoms with Crippen LogP contribution in [0.3, 0.4) is 0 Å². The molecule has 0 heterocycles. The van der Waals surface area contributed by atoms with E-state index in [9.17, 15) is 4.79 Å². The lowest BCUT2D eigenvalue weighted by Crippen LogP contribution is -2.37. The first-order chi connectivity index (χ1) is 13.2. The standard InChI is InChI=1S/C21H28N4O2/c1-2-23-21(24-13-7-11-17-8-4-3-5-9-17)25-15-18-10-6-12-19(14-18)27-16-20(22)26/h3-6,8-10,12,14H,2,7,11,13,15-16H2,1H3,(H2,22,26)(H2,23,24,25). The van der Waals surface area contributed by atoms with Crippen molar-refractivity contribution in [3.8, 4) is 5.75 Å². The minimum Gasteiger partial charge on any atom is -0.484 e. The zero-order valence-corrected chi connectivity index (χ0v) is 15.8. The van der Waals surface area contributed by atoms with Gasteiger partial charge >= 0.3 is 0 Å². The molecule has 2 aromatic rings. The Labute approximate surface area is 160 Å². The number of nitrogens with one attached hydrogen (secondary N) is 2. The number of amides is 1. The number of nitrogens with two attached hydrogens (primary N) is 1. The number of benzene rings is 2. The summed E-state index contributed by atoms with van der Waals surface area (Å²) in [5, 5.41) is 6.62. The van der Waals surface area contributed by atoms with Gasteiger partial charge in [-0.05, 0) is 43.0 Å². The van der Waals surface area contributed by atoms with Gasteiger partial charge in [-0.2, -0.15) is 0 Å². The lowest BCUT2D eigenvalue weighted by molar-refractivity contribution is -0.119. The Balaban J connectivity index is 1.83. The van der Waals surface area contributed by atoms with Crippen molar-refractivity contribution in [2.24, 2.45) is 10.7 Å². The van der Waals surface area contributed by atoms with Crippen molar-refractivity contribution >= 4 is 11.9 Å². The molecule has 2 aromatic carbocycles. The van der Waals surface area contributed by atoms with Crippen LogP contribution < -0.4 is 21.1 Å². The van der Waals surface area contributed by atoms with Crippen molar-refractivity contribution in [3.05, 3.63) is 65.7 Å². The number of carbonyl (C=O) groups excluding carboxylic acids is 1. The Morgan fingerprint density at radius 1 is 1.07 bits per heavy atom. The molecule has 0 aliphatic heterocycles. The Kier molecular flexibility index (Phi) is 8.69. The summed E-state index contributed by atoms with van der Waals surface area (Å²) in [6.07, 6.45) is 2.07. The van der Waals surface area contributed by atoms with Crippen molar-refractivity contribution < 1.29 is 9.53 Å². The van der Waals surface area contributed by atoms with Crippen molar-refractivity contribution in [2.75, 3.05) is 19.7 Å². The van der Waals surface area contributed by atoms with Crippen LogP contribution in [0, 0.1) is 0 Å². The summed E-state index contributed by atoms with van der Waals surface area (Å²) in [7, 11) is 0. The number of carbonyl (C=O) groups is 1. The normalized spacial score (nSPS) is 11.1. The van der Waals surface area contributed by atoms with Crippen molar-refractivity contribution in [1.29, 1.82) is 0 Å². The molecule has 4 N–H and O–H groups in total. The third kappa shape index (κ3) is 8.27. The average Bonchev–Trinajstić information content (AvgIpc) is 2.69. The molecule has 0 saturated carbocycles. The Bertz CT molecular complexity index is 732. The summed E-state index contributed by atoms with van der Waals surface area (Å²) in [6, 6.07) is 18.0. The molecule has 6 nitrogen and oxygen atoms in total. The van der Waals surface area contributed by atoms with E-state index in [1.165, 1.54) is 5.56 Å². The fourth-order valence-corrected chi connectivity index (χ4v) is 2.54. The molecule has 0 bridgehead atoms. The highest BCUT2D eigenvalue weighted by atomic mass is 16.5. The molecule has 0 aliphatic rings. The minimum absolute atomic E-state index is 0.127. The number of aliphatic imine (C=N–C) groups is 1. The Morgan fingerprint density at radius 3 is 2.59 bits per heavy atom. The van der Waals surface area contributed by atoms with E-state index in [2.05, 4.69) is 39.9 Å². The molecule has 6 heteroatoms. The first-order valence-electron chi connectivity index (χ1n) is 9.23. The van der Waals surface area contributed by atoms with Crippen molar-refractivity contribution in [2.45, 2.75) is 26.3 Å². The van der Waals surface area contributed by atoms with Gasteiger partial charge in [-0.15, -0.1) is 0 Å². The fourth-order valence-electron chi connectivity index (χ4n) is 2.54. The highest BCUT2D eigenvalue weighted by molar-refractivity contribution is 5.79. The predicted molar refractivity (Wildman–Crippen MR) is 109 cm³/mol. The van der Waals surface area contributed by atoms with Gasteiger partial charge < -0.3 is 21.1 Å². The number of rotatable bonds is 10. The van der Waals surface area contributed by atoms with E-state index in [0.717, 1.165) is 37.5 Å². The Morgan fingerprint density at radius 2 is 1.85 bits per heavy atom. The monoisotopic (exact) mass is 368 g/mol. The van der Waals surface area contributed by atoms with Crippen LogP contribution >= 0.6 is 0 Å². The summed E-state index contributed by atoms with van der Waals surface area (Å²) < 4.78 is 5.33. The first-order valence-corrected chi connectivity index (χ1v) is 9.23. The number of nitrogens with zero attached hydrogens (tertiary/aromatic N) is 1. The van der Waals surface area contributed by atoms with Crippen LogP contribution in [-0.4, -0.2) is 31.6 Å². The maximum atomic E-state index is 10.8. The van der Waals surface area contributed by atoms with Crippen LogP contribution in [0.5, 0.6) is 5.75 Å². The highest BCUT2D eigenvalue weighted by Crippen LogP contribution is 2.14. The molecular weight excluding hydrogens is 340 g/mol. The second-order valence-electron chi connectivity index (χ2n) is 6.11. The van der Waals surface area contributed by atoms with Crippen LogP contribution in [0.15, 0.2) is 59.6 Å². The summed E-state index contributed by atoms with van der Waals surface area (Å²) in [6.45, 7) is 4.08. The van der Waals surface area contributed by atoms with Crippen LogP contribution in [0.1, 0.15) is 24.5 Å². The summed E-state index contributed by atoms with van der Waals surface area (Å²) in [5.74, 6) is 0.906. The number of hydrogen-bond acceptors (Lipinski definition) is 3. The molecule has 0 radical (unpaired) electrons. The van der Waals surface area contributed by atoms with Gasteiger partial charge in [0.05, 0.1) is 6.54 Å². The number of aryl methyl sites for hydroxylation is 1. The van der Waals surface area contributed by atoms with Gasteiger partial charge in [-0.1, -0.05) is 42.5 Å². The average molecular weight is 368 g/mol. The molecule has 0 aliphatic carbocycles. The zero-order chi connectivity index (χ0) is 19.3. The lowest BCUT2D eigenvalue weighted by atomic mass is 10.1. The van der Waals surface area contributed by atoms with Crippen LogP contribution in [0.25, 0.3) is 0 Å². The molecule has 0 aromatic heterocycles. The molecular formula is C21H28N4O2. The van der Waals surface area contributed by atoms with E-state index in [-0.39, 0.29) is 6.61 Å². The van der Waals surface area contributed by atoms with Crippen molar-refractivity contribution in [1.82, 2.24) is 10.6 Å². The quantitative estimate of drug-likeness (QED) is 0.341. The van der Waals surface area contributed by atoms with Crippen molar-refractivity contribution in [3.63, 3.8) is 0 Å². The number of guanidine groups is 1. The van der Waals surface area contributed by atoms with E-state index < -0.39 is 5.91 Å². The molecule has 144 valence electrons. The van der Waals surface area contributed by atoms with E-state index in [1.54, 1.807) is 6.07 Å². The first kappa shape index (κ1) is 20.3. The van der Waals surface area contributed by atoms with Gasteiger partial charge in [-0.25, -0.2) is 4.99 Å². The van der Waals surface area contributed by atoms with Gasteiger partial charge in [0.15, 0.2) is 12.6 Å². The van der Waals surface area contributed by atoms with Crippen LogP contribution in [0.4, 0.5) is 0 Å². The molecule has 2 rings (SSSR count). The summed E-state index contributed by atoms with van der Waals surface area (Å²) >= 11 is 0. The fraction of sp³-hybridized carbons (Fsp3) is 0.333. The number of ether oxygens (including phenoxy) is 1. The third-order valence-electron chi connectivity index (χ3n) is 3.82. The van der Waals surface area contributed by atoms with Gasteiger partial charge in [0, 0.05) is 13.1 Å². The number of primary amides is 1. The predicted octanol–water partition coefficient (Wildman–Crippen LogP) is 2.24. The van der Waals surface area contributed by atoms with Gasteiger partial charge in [0.25, 0.3) is 5.91 Å². The molecule has 27 heavy (non-hydrogen) atoms. The maximum absolute atomic E-state index is 10.8. The van der Waals surface area contributed by atoms with E-state index in [1.807, 2.05) is 31.2 Å². The van der Waals surface area contributed by atoms with E-state index >= 15 is 0 Å². The summed E-state index contributed by atoms with van der Waals surface area (Å²) in [5.41, 5.74) is 7.44. The van der Waals surface area contributed by atoms with E-state index in [4.69, 9.17) is 10.5 Å². The second-order valence-corrected chi connectivity index (χ2v) is 6.11. The maximum Gasteiger partial charge on any atom is 0.255 e. The SMILES string of the molecule is CCNC(=NCc1cccc(OCC(N)=O)c1)NCCCc1ccccc1. The van der Waals surface area contributed by atoms with Crippen LogP contribution in [0.2, 0.25) is 0 Å². The Hall–Kier alpha value is -3.02. The third-order valence-corrected chi connectivity index (χ3v) is 3.82. The molecule has 1 amide bonds. The molecule has 0 unspecified atom stereocenters. The molecule has 0 saturated heterocycles. The van der Waals surface area contributed by atoms with Gasteiger partial charge in [0.2, 0.25) is 0 Å². The second kappa shape index (κ2) is 11.6. The smallest absolute Gasteiger partial charge is 0.255 e. The molecule has 0 fully saturated rings. The molecule has 0 spiro atoms. The van der Waals surface area contributed by atoms with Crippen LogP contribution in [-0.2, 0) is 17.8 Å². The zero-order valence-electron chi connectivity index (χ0n) is 15.8.